The van der Waals surface area contributed by atoms with Gasteiger partial charge in [0.25, 0.3) is 0 Å². The number of aromatic hydroxyl groups is 1. The fourth-order valence-electron chi connectivity index (χ4n) is 6.90. The molecule has 2 aromatic heterocycles. The predicted molar refractivity (Wildman–Crippen MR) is 210 cm³/mol. The van der Waals surface area contributed by atoms with E-state index >= 15 is 0 Å². The number of nitrogens with zero attached hydrogens (tertiary/aromatic N) is 3. The average molecular weight is 852 g/mol. The van der Waals surface area contributed by atoms with Crippen LogP contribution in [0.25, 0.3) is 66.7 Å². The molecule has 262 valence electrons. The summed E-state index contributed by atoms with van der Waals surface area (Å²) in [6.07, 6.45) is 1.92. The molecule has 0 fully saturated rings. The van der Waals surface area contributed by atoms with Gasteiger partial charge in [0, 0.05) is 43.7 Å². The van der Waals surface area contributed by atoms with Gasteiger partial charge in [-0.15, -0.1) is 35.4 Å². The Hall–Kier alpha value is -4.53. The third kappa shape index (κ3) is 6.79. The molecule has 4 nitrogen and oxygen atoms in total. The van der Waals surface area contributed by atoms with Gasteiger partial charge in [0.15, 0.2) is 0 Å². The maximum Gasteiger partial charge on any atom is 0.144 e. The third-order valence-corrected chi connectivity index (χ3v) is 9.63. The fourth-order valence-corrected chi connectivity index (χ4v) is 6.90. The molecule has 5 heteroatoms. The van der Waals surface area contributed by atoms with Gasteiger partial charge in [0.1, 0.15) is 11.6 Å². The molecule has 0 unspecified atom stereocenters. The molecule has 0 bridgehead atoms. The first-order valence-electron chi connectivity index (χ1n) is 17.5. The second kappa shape index (κ2) is 13.2. The molecule has 0 atom stereocenters. The summed E-state index contributed by atoms with van der Waals surface area (Å²) in [4.78, 5) is 10.3. The summed E-state index contributed by atoms with van der Waals surface area (Å²) in [5.74, 6) is 0.975. The van der Waals surface area contributed by atoms with Gasteiger partial charge in [0.05, 0.1) is 16.6 Å². The van der Waals surface area contributed by atoms with E-state index in [1.54, 1.807) is 6.07 Å². The summed E-state index contributed by atoms with van der Waals surface area (Å²) in [6.45, 7) is 19.9. The number of aromatic nitrogens is 3. The molecule has 0 aliphatic heterocycles. The zero-order valence-electron chi connectivity index (χ0n) is 31.0. The van der Waals surface area contributed by atoms with Crippen molar-refractivity contribution in [2.45, 2.75) is 78.7 Å². The zero-order chi connectivity index (χ0) is 35.6. The molecular weight excluding hydrogens is 806 g/mol. The molecule has 0 spiro atoms. The number of phenolic OH excluding ortho intramolecular Hbond substituents is 1. The minimum absolute atomic E-state index is 0. The maximum atomic E-state index is 11.2. The monoisotopic (exact) mass is 851 g/mol. The maximum absolute atomic E-state index is 11.2. The summed E-state index contributed by atoms with van der Waals surface area (Å²) in [5.41, 5.74) is 11.9. The van der Waals surface area contributed by atoms with Crippen LogP contribution in [0.4, 0.5) is 0 Å². The first kappa shape index (κ1) is 36.3. The number of rotatable bonds is 4. The van der Waals surface area contributed by atoms with Gasteiger partial charge in [-0.05, 0) is 84.2 Å². The van der Waals surface area contributed by atoms with Crippen LogP contribution in [0.5, 0.6) is 5.75 Å². The Morgan fingerprint density at radius 2 is 1.24 bits per heavy atom. The quantitative estimate of drug-likeness (QED) is 0.180. The van der Waals surface area contributed by atoms with Crippen LogP contribution in [0.3, 0.4) is 0 Å². The number of fused-ring (bicyclic) bond motifs is 2. The average Bonchev–Trinajstić information content (AvgIpc) is 3.48. The number of imidazole rings is 1. The molecule has 7 aromatic rings. The van der Waals surface area contributed by atoms with E-state index in [0.717, 1.165) is 61.1 Å². The van der Waals surface area contributed by atoms with Crippen molar-refractivity contribution in [3.63, 3.8) is 0 Å². The number of para-hydroxylation sites is 1. The second-order valence-corrected chi connectivity index (χ2v) is 16.5. The summed E-state index contributed by atoms with van der Waals surface area (Å²) >= 11 is 0. The van der Waals surface area contributed by atoms with Gasteiger partial charge >= 0.3 is 0 Å². The van der Waals surface area contributed by atoms with Gasteiger partial charge in [-0.1, -0.05) is 107 Å². The number of benzene rings is 5. The van der Waals surface area contributed by atoms with Gasteiger partial charge in [0.2, 0.25) is 0 Å². The Morgan fingerprint density at radius 3 is 1.90 bits per heavy atom. The molecule has 0 saturated heterocycles. The van der Waals surface area contributed by atoms with Gasteiger partial charge in [-0.3, -0.25) is 4.98 Å². The van der Waals surface area contributed by atoms with Crippen LogP contribution >= 0.6 is 0 Å². The smallest absolute Gasteiger partial charge is 0.144 e. The van der Waals surface area contributed by atoms with Crippen LogP contribution in [0.1, 0.15) is 73.4 Å². The first-order valence-corrected chi connectivity index (χ1v) is 17.5. The minimum Gasteiger partial charge on any atom is -0.507 e. The Balaban J connectivity index is 0.00000448. The van der Waals surface area contributed by atoms with Crippen molar-refractivity contribution in [1.82, 2.24) is 14.5 Å². The van der Waals surface area contributed by atoms with Gasteiger partial charge in [-0.2, -0.15) is 0 Å². The molecule has 7 rings (SSSR count). The molecule has 0 aliphatic rings. The number of pyridine rings is 1. The standard InChI is InChI=1S/C46H46N3O.Pt/c1-44(2,3)32-21-22-40(50)38(26-32)43-48-42-35(19-14-20-39(42)49(43)46(7,8)9)30-17-13-18-31(25-30)36-27-33(45(4,5)6)28-37-34(23-24-47-41(36)37)29-15-11-10-12-16-29;/h10-24,26-28,50H,1-9H3;/q-1;. The minimum atomic E-state index is -0.299. The molecule has 0 amide bonds. The SMILES string of the molecule is CC(C)(C)c1ccc(O)c(-c2nc3c(-c4[c-]c(-c5cc(C(C)(C)C)cc6c(-c7ccccc7)ccnc56)ccc4)cccc3n2C(C)(C)C)c1.[Pt]. The summed E-state index contributed by atoms with van der Waals surface area (Å²) in [7, 11) is 0. The van der Waals surface area contributed by atoms with E-state index in [1.807, 2.05) is 12.3 Å². The van der Waals surface area contributed by atoms with Crippen molar-refractivity contribution in [2.75, 3.05) is 0 Å². The predicted octanol–water partition coefficient (Wildman–Crippen LogP) is 12.1. The van der Waals surface area contributed by atoms with Gasteiger partial charge in [-0.25, -0.2) is 4.98 Å². The Bertz CT molecular complexity index is 2390. The van der Waals surface area contributed by atoms with Crippen molar-refractivity contribution in [3.8, 4) is 50.5 Å². The fraction of sp³-hybridized carbons (Fsp3) is 0.261. The molecule has 5 aromatic carbocycles. The zero-order valence-corrected chi connectivity index (χ0v) is 33.3. The summed E-state index contributed by atoms with van der Waals surface area (Å²) in [5, 5.41) is 12.3. The van der Waals surface area contributed by atoms with Crippen LogP contribution in [0.2, 0.25) is 0 Å². The van der Waals surface area contributed by atoms with Crippen molar-refractivity contribution >= 4 is 21.9 Å². The number of phenols is 1. The Labute approximate surface area is 316 Å². The number of hydrogen-bond acceptors (Lipinski definition) is 3. The third-order valence-electron chi connectivity index (χ3n) is 9.63. The van der Waals surface area contributed by atoms with E-state index in [9.17, 15) is 5.11 Å². The van der Waals surface area contributed by atoms with Crippen LogP contribution in [-0.4, -0.2) is 19.6 Å². The van der Waals surface area contributed by atoms with E-state index in [1.165, 1.54) is 16.7 Å². The normalized spacial score (nSPS) is 12.3. The van der Waals surface area contributed by atoms with Crippen molar-refractivity contribution in [3.05, 3.63) is 127 Å². The van der Waals surface area contributed by atoms with Crippen LogP contribution in [-0.2, 0) is 37.4 Å². The molecule has 2 heterocycles. The molecule has 0 saturated carbocycles. The second-order valence-electron chi connectivity index (χ2n) is 16.5. The molecule has 51 heavy (non-hydrogen) atoms. The molecule has 1 N–H and O–H groups in total. The van der Waals surface area contributed by atoms with Crippen LogP contribution in [0, 0.1) is 6.07 Å². The van der Waals surface area contributed by atoms with Gasteiger partial charge < -0.3 is 9.67 Å². The van der Waals surface area contributed by atoms with Crippen molar-refractivity contribution in [1.29, 1.82) is 0 Å². The van der Waals surface area contributed by atoms with E-state index in [-0.39, 0.29) is 43.2 Å². The largest absolute Gasteiger partial charge is 0.507 e. The van der Waals surface area contributed by atoms with Crippen LogP contribution < -0.4 is 0 Å². The topological polar surface area (TPSA) is 50.9 Å². The molecular formula is C46H46N3OPt-. The number of hydrogen-bond donors (Lipinski definition) is 1. The summed E-state index contributed by atoms with van der Waals surface area (Å²) < 4.78 is 2.26. The first-order chi connectivity index (χ1) is 23.6. The van der Waals surface area contributed by atoms with Crippen molar-refractivity contribution in [2.24, 2.45) is 0 Å². The molecule has 0 aliphatic carbocycles. The summed E-state index contributed by atoms with van der Waals surface area (Å²) in [6, 6.07) is 39.7. The molecule has 0 radical (unpaired) electrons. The van der Waals surface area contributed by atoms with E-state index in [2.05, 4.69) is 164 Å². The van der Waals surface area contributed by atoms with Crippen LogP contribution in [0.15, 0.2) is 109 Å². The Morgan fingerprint density at radius 1 is 0.588 bits per heavy atom. The Kier molecular flexibility index (Phi) is 9.40. The van der Waals surface area contributed by atoms with E-state index in [4.69, 9.17) is 9.97 Å². The van der Waals surface area contributed by atoms with Crippen molar-refractivity contribution < 1.29 is 26.2 Å². The van der Waals surface area contributed by atoms with E-state index in [0.29, 0.717) is 0 Å². The van der Waals surface area contributed by atoms with E-state index < -0.39 is 0 Å².